The van der Waals surface area contributed by atoms with Gasteiger partial charge in [0.15, 0.2) is 0 Å². The van der Waals surface area contributed by atoms with Crippen molar-refractivity contribution in [2.45, 2.75) is 25.8 Å². The quantitative estimate of drug-likeness (QED) is 0.756. The van der Waals surface area contributed by atoms with Gasteiger partial charge in [0.25, 0.3) is 0 Å². The Labute approximate surface area is 149 Å². The zero-order valence-electron chi connectivity index (χ0n) is 14.8. The largest absolute Gasteiger partial charge is 0.346 e. The van der Waals surface area contributed by atoms with Gasteiger partial charge in [-0.05, 0) is 18.4 Å². The van der Waals surface area contributed by atoms with E-state index in [9.17, 15) is 9.59 Å². The molecule has 1 N–H and O–H groups in total. The molecule has 0 spiro atoms. The van der Waals surface area contributed by atoms with Gasteiger partial charge < -0.3 is 9.88 Å². The van der Waals surface area contributed by atoms with Crippen molar-refractivity contribution in [1.82, 2.24) is 24.0 Å². The van der Waals surface area contributed by atoms with Crippen molar-refractivity contribution in [2.24, 2.45) is 13.0 Å². The van der Waals surface area contributed by atoms with Gasteiger partial charge in [-0.15, -0.1) is 0 Å². The molecule has 0 aromatic carbocycles. The Hall–Kier alpha value is -3.08. The molecular weight excluding hydrogens is 332 g/mol. The number of aromatic nitrogens is 4. The van der Waals surface area contributed by atoms with E-state index >= 15 is 0 Å². The van der Waals surface area contributed by atoms with Gasteiger partial charge >= 0.3 is 5.69 Å². The predicted octanol–water partition coefficient (Wildman–Crippen LogP) is 1.54. The number of hydrogen-bond acceptors (Lipinski definition) is 4. The SMILES string of the molecule is C[C@@H]1CCN(C(=O)CC#N)C[C@@H]1n1c(=O)n(C)c2cnc3[nH]ccc3c21. The number of aryl methyl sites for hydroxylation is 1. The summed E-state index contributed by atoms with van der Waals surface area (Å²) in [4.78, 5) is 34.4. The van der Waals surface area contributed by atoms with Gasteiger partial charge in [-0.1, -0.05) is 6.92 Å². The van der Waals surface area contributed by atoms with E-state index in [0.29, 0.717) is 13.1 Å². The summed E-state index contributed by atoms with van der Waals surface area (Å²) < 4.78 is 3.42. The van der Waals surface area contributed by atoms with Gasteiger partial charge in [0.1, 0.15) is 12.1 Å². The van der Waals surface area contributed by atoms with E-state index in [2.05, 4.69) is 16.9 Å². The highest BCUT2D eigenvalue weighted by Crippen LogP contribution is 2.32. The number of carbonyl (C=O) groups excluding carboxylic acids is 1. The van der Waals surface area contributed by atoms with E-state index in [4.69, 9.17) is 5.26 Å². The lowest BCUT2D eigenvalue weighted by Crippen LogP contribution is -2.46. The van der Waals surface area contributed by atoms with Crippen LogP contribution >= 0.6 is 0 Å². The first kappa shape index (κ1) is 16.4. The molecule has 1 aliphatic heterocycles. The molecule has 4 rings (SSSR count). The molecule has 0 bridgehead atoms. The minimum absolute atomic E-state index is 0.109. The standard InChI is InChI=1S/C18H20N6O2/c1-11-5-8-23(15(25)3-6-19)10-14(11)24-16-12-4-7-20-17(12)21-9-13(16)22(2)18(24)26/h4,7,9,11,14H,3,5,8,10H2,1-2H3,(H,20,21)/t11-,14+/m1/s1. The highest BCUT2D eigenvalue weighted by atomic mass is 16.2. The lowest BCUT2D eigenvalue weighted by molar-refractivity contribution is -0.132. The maximum Gasteiger partial charge on any atom is 0.329 e. The molecule has 8 heteroatoms. The van der Waals surface area contributed by atoms with Crippen LogP contribution in [0.25, 0.3) is 22.1 Å². The van der Waals surface area contributed by atoms with Crippen LogP contribution in [0, 0.1) is 17.2 Å². The van der Waals surface area contributed by atoms with Crippen LogP contribution in [0.15, 0.2) is 23.3 Å². The highest BCUT2D eigenvalue weighted by molar-refractivity contribution is 6.01. The molecule has 3 aromatic rings. The van der Waals surface area contributed by atoms with Crippen molar-refractivity contribution in [1.29, 1.82) is 5.26 Å². The zero-order valence-corrected chi connectivity index (χ0v) is 14.8. The average molecular weight is 352 g/mol. The normalized spacial score (nSPS) is 20.6. The summed E-state index contributed by atoms with van der Waals surface area (Å²) in [6.07, 6.45) is 4.19. The van der Waals surface area contributed by atoms with E-state index in [-0.39, 0.29) is 30.0 Å². The molecule has 1 aliphatic rings. The summed E-state index contributed by atoms with van der Waals surface area (Å²) in [6.45, 7) is 3.17. The Morgan fingerprint density at radius 2 is 2.31 bits per heavy atom. The van der Waals surface area contributed by atoms with E-state index in [1.807, 2.05) is 22.9 Å². The molecule has 1 amide bonds. The third-order valence-corrected chi connectivity index (χ3v) is 5.47. The second-order valence-electron chi connectivity index (χ2n) is 6.95. The van der Waals surface area contributed by atoms with Crippen molar-refractivity contribution < 1.29 is 4.79 Å². The number of rotatable bonds is 2. The molecule has 0 unspecified atom stereocenters. The van der Waals surface area contributed by atoms with Crippen LogP contribution in [-0.4, -0.2) is 43.0 Å². The van der Waals surface area contributed by atoms with Crippen LogP contribution in [0.1, 0.15) is 25.8 Å². The van der Waals surface area contributed by atoms with Crippen LogP contribution in [0.4, 0.5) is 0 Å². The predicted molar refractivity (Wildman–Crippen MR) is 96.5 cm³/mol. The van der Waals surface area contributed by atoms with Crippen LogP contribution in [0.5, 0.6) is 0 Å². The Bertz CT molecular complexity index is 1100. The zero-order chi connectivity index (χ0) is 18.4. The number of H-pyrrole nitrogens is 1. The number of nitrogens with zero attached hydrogens (tertiary/aromatic N) is 5. The summed E-state index contributed by atoms with van der Waals surface area (Å²) in [5.41, 5.74) is 2.24. The molecule has 2 atom stereocenters. The fourth-order valence-corrected chi connectivity index (χ4v) is 3.94. The van der Waals surface area contributed by atoms with Crippen molar-refractivity contribution >= 4 is 28.0 Å². The van der Waals surface area contributed by atoms with Crippen LogP contribution < -0.4 is 5.69 Å². The summed E-state index contributed by atoms with van der Waals surface area (Å²) in [6, 6.07) is 3.71. The van der Waals surface area contributed by atoms with Crippen molar-refractivity contribution in [2.75, 3.05) is 13.1 Å². The average Bonchev–Trinajstić information content (AvgIpc) is 3.20. The fraction of sp³-hybridized carbons (Fsp3) is 0.444. The van der Waals surface area contributed by atoms with Crippen molar-refractivity contribution in [3.05, 3.63) is 28.9 Å². The molecule has 8 nitrogen and oxygen atoms in total. The number of nitriles is 1. The number of imidazole rings is 1. The number of hydrogen-bond donors (Lipinski definition) is 1. The number of pyridine rings is 1. The summed E-state index contributed by atoms with van der Waals surface area (Å²) in [7, 11) is 1.74. The number of likely N-dealkylation sites (tertiary alicyclic amines) is 1. The van der Waals surface area contributed by atoms with E-state index < -0.39 is 0 Å². The van der Waals surface area contributed by atoms with E-state index in [1.165, 1.54) is 0 Å². The maximum atomic E-state index is 13.0. The highest BCUT2D eigenvalue weighted by Gasteiger charge is 2.33. The summed E-state index contributed by atoms with van der Waals surface area (Å²) >= 11 is 0. The number of fused-ring (bicyclic) bond motifs is 3. The third-order valence-electron chi connectivity index (χ3n) is 5.47. The molecule has 134 valence electrons. The van der Waals surface area contributed by atoms with Gasteiger partial charge in [-0.2, -0.15) is 5.26 Å². The molecule has 26 heavy (non-hydrogen) atoms. The third kappa shape index (κ3) is 2.31. The first-order valence-electron chi connectivity index (χ1n) is 8.70. The van der Waals surface area contributed by atoms with E-state index in [1.54, 1.807) is 22.7 Å². The number of nitrogens with one attached hydrogen (secondary N) is 1. The minimum atomic E-state index is -0.175. The van der Waals surface area contributed by atoms with Gasteiger partial charge in [0, 0.05) is 31.7 Å². The smallest absolute Gasteiger partial charge is 0.329 e. The molecule has 3 aromatic heterocycles. The number of aromatic amines is 1. The second-order valence-corrected chi connectivity index (χ2v) is 6.95. The van der Waals surface area contributed by atoms with Crippen LogP contribution in [-0.2, 0) is 11.8 Å². The lowest BCUT2D eigenvalue weighted by atomic mass is 9.92. The molecule has 1 saturated heterocycles. The fourth-order valence-electron chi connectivity index (χ4n) is 3.94. The topological polar surface area (TPSA) is 99.7 Å². The van der Waals surface area contributed by atoms with Gasteiger partial charge in [0.05, 0.1) is 29.3 Å². The first-order chi connectivity index (χ1) is 12.5. The Morgan fingerprint density at radius 3 is 3.08 bits per heavy atom. The molecular formula is C18H20N6O2. The van der Waals surface area contributed by atoms with E-state index in [0.717, 1.165) is 28.5 Å². The lowest BCUT2D eigenvalue weighted by Gasteiger charge is -2.37. The van der Waals surface area contributed by atoms with Gasteiger partial charge in [0.2, 0.25) is 5.91 Å². The Kier molecular flexibility index (Phi) is 3.80. The minimum Gasteiger partial charge on any atom is -0.346 e. The molecule has 0 saturated carbocycles. The van der Waals surface area contributed by atoms with Gasteiger partial charge in [-0.3, -0.25) is 13.9 Å². The van der Waals surface area contributed by atoms with Crippen molar-refractivity contribution in [3.8, 4) is 6.07 Å². The number of piperidine rings is 1. The molecule has 4 heterocycles. The second kappa shape index (κ2) is 6.02. The Balaban J connectivity index is 1.88. The molecule has 1 fully saturated rings. The van der Waals surface area contributed by atoms with Crippen molar-refractivity contribution in [3.63, 3.8) is 0 Å². The summed E-state index contributed by atoms with van der Waals surface area (Å²) in [5.74, 6) is 0.0673. The van der Waals surface area contributed by atoms with Gasteiger partial charge in [-0.25, -0.2) is 9.78 Å². The number of amides is 1. The Morgan fingerprint density at radius 1 is 1.50 bits per heavy atom. The summed E-state index contributed by atoms with van der Waals surface area (Å²) in [5, 5.41) is 9.72. The molecule has 0 radical (unpaired) electrons. The van der Waals surface area contributed by atoms with Crippen LogP contribution in [0.2, 0.25) is 0 Å². The maximum absolute atomic E-state index is 13.0. The monoisotopic (exact) mass is 352 g/mol. The molecule has 0 aliphatic carbocycles. The number of carbonyl (C=O) groups is 1. The first-order valence-corrected chi connectivity index (χ1v) is 8.70. The van der Waals surface area contributed by atoms with Crippen LogP contribution in [0.3, 0.4) is 0 Å².